The summed E-state index contributed by atoms with van der Waals surface area (Å²) in [6, 6.07) is 8.53. The predicted molar refractivity (Wildman–Crippen MR) is 96.9 cm³/mol. The topological polar surface area (TPSA) is 86.7 Å². The molecule has 1 aliphatic carbocycles. The summed E-state index contributed by atoms with van der Waals surface area (Å²) in [5.41, 5.74) is -0.536. The van der Waals surface area contributed by atoms with Crippen LogP contribution in [0.4, 0.5) is 0 Å². The molecule has 0 aromatic heterocycles. The lowest BCUT2D eigenvalue weighted by Crippen LogP contribution is -2.41. The van der Waals surface area contributed by atoms with Crippen molar-refractivity contribution in [1.82, 2.24) is 0 Å². The number of halogens is 1. The van der Waals surface area contributed by atoms with Crippen molar-refractivity contribution in [3.8, 4) is 0 Å². The largest absolute Gasteiger partial charge is 0.468 e. The van der Waals surface area contributed by atoms with Crippen LogP contribution in [-0.2, 0) is 28.1 Å². The summed E-state index contributed by atoms with van der Waals surface area (Å²) in [7, 11) is 4.07. The average Bonchev–Trinajstić information content (AvgIpc) is 2.64. The van der Waals surface area contributed by atoms with Gasteiger partial charge in [0.2, 0.25) is 9.05 Å². The lowest BCUT2D eigenvalue weighted by molar-refractivity contribution is -0.165. The first-order chi connectivity index (χ1) is 12.2. The highest BCUT2D eigenvalue weighted by molar-refractivity contribution is 8.13. The summed E-state index contributed by atoms with van der Waals surface area (Å²) in [6.45, 7) is 0. The maximum absolute atomic E-state index is 12.2. The molecule has 0 heterocycles. The van der Waals surface area contributed by atoms with Crippen LogP contribution in [0.1, 0.15) is 23.7 Å². The predicted octanol–water partition coefficient (Wildman–Crippen LogP) is 2.91. The average molecular weight is 399 g/mol. The van der Waals surface area contributed by atoms with Crippen LogP contribution in [0.2, 0.25) is 0 Å². The van der Waals surface area contributed by atoms with Gasteiger partial charge in [-0.05, 0) is 18.4 Å². The van der Waals surface area contributed by atoms with Gasteiger partial charge in [0.25, 0.3) is 0 Å². The number of ether oxygens (including phenoxy) is 2. The van der Waals surface area contributed by atoms with Crippen LogP contribution in [0.5, 0.6) is 0 Å². The fraction of sp³-hybridized carbons (Fsp3) is 0.333. The Hall–Kier alpha value is -2.12. The minimum atomic E-state index is -3.93. The highest BCUT2D eigenvalue weighted by Crippen LogP contribution is 2.40. The maximum atomic E-state index is 12.2. The zero-order chi connectivity index (χ0) is 19.4. The van der Waals surface area contributed by atoms with Gasteiger partial charge in [0.15, 0.2) is 5.41 Å². The number of benzene rings is 1. The van der Waals surface area contributed by atoms with Crippen molar-refractivity contribution < 1.29 is 27.5 Å². The van der Waals surface area contributed by atoms with Crippen LogP contribution < -0.4 is 0 Å². The van der Waals surface area contributed by atoms with Gasteiger partial charge in [-0.3, -0.25) is 9.59 Å². The summed E-state index contributed by atoms with van der Waals surface area (Å²) in [5, 5.41) is -1.00. The van der Waals surface area contributed by atoms with Gasteiger partial charge < -0.3 is 9.47 Å². The van der Waals surface area contributed by atoms with Gasteiger partial charge in [0.1, 0.15) is 5.25 Å². The number of esters is 2. The van der Waals surface area contributed by atoms with E-state index in [4.69, 9.17) is 20.2 Å². The monoisotopic (exact) mass is 398 g/mol. The van der Waals surface area contributed by atoms with E-state index in [9.17, 15) is 18.0 Å². The zero-order valence-corrected chi connectivity index (χ0v) is 15.9. The van der Waals surface area contributed by atoms with Crippen molar-refractivity contribution in [1.29, 1.82) is 0 Å². The normalized spacial score (nSPS) is 17.1. The molecule has 0 saturated heterocycles. The molecule has 2 rings (SSSR count). The minimum Gasteiger partial charge on any atom is -0.468 e. The molecule has 6 nitrogen and oxygen atoms in total. The van der Waals surface area contributed by atoms with E-state index in [1.165, 1.54) is 26.4 Å². The molecular formula is C18H19ClO6S. The van der Waals surface area contributed by atoms with Crippen molar-refractivity contribution in [2.75, 3.05) is 14.2 Å². The Morgan fingerprint density at radius 2 is 1.73 bits per heavy atom. The standard InChI is InChI=1S/C18H19ClO6S/c1-24-16(20)18(17(21)25-2)10-6-7-13(12-18)11-15(26(19,22)23)14-8-4-3-5-9-14/h3-10,15H,11-12H2,1-2H3. The Balaban J connectivity index is 2.36. The molecule has 140 valence electrons. The van der Waals surface area contributed by atoms with E-state index in [2.05, 4.69) is 0 Å². The second-order valence-electron chi connectivity index (χ2n) is 5.89. The number of carbonyl (C=O) groups excluding carboxylic acids is 2. The zero-order valence-electron chi connectivity index (χ0n) is 14.3. The number of methoxy groups -OCH3 is 2. The van der Waals surface area contributed by atoms with E-state index in [1.807, 2.05) is 0 Å². The van der Waals surface area contributed by atoms with Gasteiger partial charge in [-0.1, -0.05) is 54.1 Å². The molecule has 0 amide bonds. The molecule has 0 aliphatic heterocycles. The van der Waals surface area contributed by atoms with Crippen molar-refractivity contribution in [2.45, 2.75) is 18.1 Å². The Bertz CT molecular complexity index is 826. The van der Waals surface area contributed by atoms with E-state index in [0.717, 1.165) is 0 Å². The molecule has 1 aliphatic rings. The Kier molecular flexibility index (Phi) is 6.26. The highest BCUT2D eigenvalue weighted by Gasteiger charge is 2.48. The van der Waals surface area contributed by atoms with Crippen LogP contribution in [0.15, 0.2) is 54.1 Å². The van der Waals surface area contributed by atoms with Crippen molar-refractivity contribution in [3.05, 3.63) is 59.7 Å². The fourth-order valence-corrected chi connectivity index (χ4v) is 4.37. The summed E-state index contributed by atoms with van der Waals surface area (Å²) in [6.07, 6.45) is 4.59. The molecule has 0 saturated carbocycles. The number of carbonyl (C=O) groups is 2. The van der Waals surface area contributed by atoms with Crippen molar-refractivity contribution in [2.24, 2.45) is 5.41 Å². The van der Waals surface area contributed by atoms with Gasteiger partial charge >= 0.3 is 11.9 Å². The van der Waals surface area contributed by atoms with Crippen LogP contribution in [0.3, 0.4) is 0 Å². The Morgan fingerprint density at radius 1 is 1.15 bits per heavy atom. The van der Waals surface area contributed by atoms with Gasteiger partial charge in [-0.25, -0.2) is 8.42 Å². The summed E-state index contributed by atoms with van der Waals surface area (Å²) < 4.78 is 33.7. The summed E-state index contributed by atoms with van der Waals surface area (Å²) in [5.74, 6) is -1.53. The summed E-state index contributed by atoms with van der Waals surface area (Å²) in [4.78, 5) is 24.5. The first-order valence-corrected chi connectivity index (χ1v) is 10.1. The minimum absolute atomic E-state index is 0.0376. The highest BCUT2D eigenvalue weighted by atomic mass is 35.7. The van der Waals surface area contributed by atoms with Crippen LogP contribution in [-0.4, -0.2) is 34.6 Å². The van der Waals surface area contributed by atoms with E-state index >= 15 is 0 Å². The fourth-order valence-electron chi connectivity index (χ4n) is 2.98. The van der Waals surface area contributed by atoms with E-state index in [-0.39, 0.29) is 12.8 Å². The number of rotatable bonds is 6. The molecule has 0 fully saturated rings. The molecule has 0 radical (unpaired) electrons. The third-order valence-electron chi connectivity index (χ3n) is 4.28. The first kappa shape index (κ1) is 20.2. The smallest absolute Gasteiger partial charge is 0.327 e. The third kappa shape index (κ3) is 4.16. The Labute approximate surface area is 156 Å². The van der Waals surface area contributed by atoms with Crippen LogP contribution in [0, 0.1) is 5.41 Å². The van der Waals surface area contributed by atoms with Crippen molar-refractivity contribution >= 4 is 31.7 Å². The number of hydrogen-bond donors (Lipinski definition) is 0. The molecule has 0 spiro atoms. The molecule has 1 aromatic carbocycles. The van der Waals surface area contributed by atoms with E-state index < -0.39 is 31.7 Å². The molecule has 26 heavy (non-hydrogen) atoms. The third-order valence-corrected chi connectivity index (χ3v) is 6.04. The van der Waals surface area contributed by atoms with E-state index in [0.29, 0.717) is 11.1 Å². The van der Waals surface area contributed by atoms with Gasteiger partial charge in [-0.15, -0.1) is 0 Å². The van der Waals surface area contributed by atoms with Gasteiger partial charge in [0.05, 0.1) is 14.2 Å². The molecule has 0 bridgehead atoms. The maximum Gasteiger partial charge on any atom is 0.327 e. The molecule has 8 heteroatoms. The molecule has 1 aromatic rings. The lowest BCUT2D eigenvalue weighted by atomic mass is 9.77. The van der Waals surface area contributed by atoms with Crippen LogP contribution >= 0.6 is 10.7 Å². The molecule has 1 unspecified atom stereocenters. The van der Waals surface area contributed by atoms with Gasteiger partial charge in [-0.2, -0.15) is 0 Å². The second-order valence-corrected chi connectivity index (χ2v) is 8.70. The number of hydrogen-bond acceptors (Lipinski definition) is 6. The first-order valence-electron chi connectivity index (χ1n) is 7.77. The second kappa shape index (κ2) is 8.05. The van der Waals surface area contributed by atoms with Gasteiger partial charge in [0, 0.05) is 10.7 Å². The molecule has 0 N–H and O–H groups in total. The number of allylic oxidation sites excluding steroid dienone is 3. The SMILES string of the molecule is COC(=O)C1(C(=O)OC)C=CC=C(CC(c2ccccc2)S(=O)(=O)Cl)C1. The quantitative estimate of drug-likeness (QED) is 0.416. The van der Waals surface area contributed by atoms with E-state index in [1.54, 1.807) is 36.4 Å². The van der Waals surface area contributed by atoms with Crippen LogP contribution in [0.25, 0.3) is 0 Å². The Morgan fingerprint density at radius 3 is 2.23 bits per heavy atom. The summed E-state index contributed by atoms with van der Waals surface area (Å²) >= 11 is 0. The van der Waals surface area contributed by atoms with Crippen molar-refractivity contribution in [3.63, 3.8) is 0 Å². The molecular weight excluding hydrogens is 380 g/mol. The molecule has 1 atom stereocenters. The lowest BCUT2D eigenvalue weighted by Gasteiger charge is -2.29.